The van der Waals surface area contributed by atoms with Gasteiger partial charge in [-0.05, 0) is 19.9 Å². The highest BCUT2D eigenvalue weighted by atomic mass is 14.9. The van der Waals surface area contributed by atoms with Crippen molar-refractivity contribution in [2.24, 2.45) is 0 Å². The molecule has 0 aliphatic carbocycles. The molecule has 64 valence electrons. The fraction of sp³-hybridized carbons (Fsp3) is 0.889. The highest BCUT2D eigenvalue weighted by Gasteiger charge is 1.97. The quantitative estimate of drug-likeness (QED) is 0.594. The molecule has 1 unspecified atom stereocenters. The van der Waals surface area contributed by atoms with Crippen molar-refractivity contribution in [2.45, 2.75) is 45.6 Å². The number of hydrogen-bond donors (Lipinski definition) is 1. The minimum absolute atomic E-state index is 0.358. The van der Waals surface area contributed by atoms with Crippen LogP contribution in [0, 0.1) is 11.3 Å². The number of unbranched alkanes of at least 4 members (excludes halogenated alkanes) is 2. The molecule has 0 aromatic carbocycles. The molecule has 0 bridgehead atoms. The van der Waals surface area contributed by atoms with Crippen molar-refractivity contribution in [1.29, 1.82) is 5.26 Å². The lowest BCUT2D eigenvalue weighted by atomic mass is 10.2. The second-order valence-corrected chi connectivity index (χ2v) is 2.92. The first-order chi connectivity index (χ1) is 5.31. The maximum Gasteiger partial charge on any atom is 0.0638 e. The summed E-state index contributed by atoms with van der Waals surface area (Å²) in [5.74, 6) is 0. The molecular formula is C9H18N2. The summed E-state index contributed by atoms with van der Waals surface area (Å²) in [6.45, 7) is 5.30. The zero-order chi connectivity index (χ0) is 8.53. The summed E-state index contributed by atoms with van der Waals surface area (Å²) in [6, 6.07) is 2.50. The van der Waals surface area contributed by atoms with E-state index in [4.69, 9.17) is 5.26 Å². The number of nitrogens with one attached hydrogen (secondary N) is 1. The molecule has 0 saturated heterocycles. The first-order valence-corrected chi connectivity index (χ1v) is 4.41. The van der Waals surface area contributed by atoms with Gasteiger partial charge in [-0.15, -0.1) is 0 Å². The van der Waals surface area contributed by atoms with Crippen LogP contribution in [0.2, 0.25) is 0 Å². The molecule has 0 aliphatic heterocycles. The summed E-state index contributed by atoms with van der Waals surface area (Å²) in [7, 11) is 0. The van der Waals surface area contributed by atoms with Crippen LogP contribution in [0.15, 0.2) is 0 Å². The van der Waals surface area contributed by atoms with E-state index in [1.54, 1.807) is 0 Å². The highest BCUT2D eigenvalue weighted by Crippen LogP contribution is 1.93. The summed E-state index contributed by atoms with van der Waals surface area (Å²) in [5, 5.41) is 11.6. The summed E-state index contributed by atoms with van der Waals surface area (Å²) in [4.78, 5) is 0. The van der Waals surface area contributed by atoms with Crippen LogP contribution in [0.3, 0.4) is 0 Å². The lowest BCUT2D eigenvalue weighted by Crippen LogP contribution is -2.26. The number of nitrogens with zero attached hydrogens (tertiary/aromatic N) is 1. The maximum absolute atomic E-state index is 8.35. The Balaban J connectivity index is 3.05. The van der Waals surface area contributed by atoms with Crippen molar-refractivity contribution in [1.82, 2.24) is 5.32 Å². The largest absolute Gasteiger partial charge is 0.313 e. The van der Waals surface area contributed by atoms with Gasteiger partial charge in [0, 0.05) is 6.04 Å². The minimum Gasteiger partial charge on any atom is -0.313 e. The molecule has 0 aromatic heterocycles. The van der Waals surface area contributed by atoms with E-state index in [2.05, 4.69) is 25.2 Å². The second-order valence-electron chi connectivity index (χ2n) is 2.92. The SMILES string of the molecule is CCCCCNC(C)CC#N. The Morgan fingerprint density at radius 3 is 2.73 bits per heavy atom. The molecule has 0 rings (SSSR count). The monoisotopic (exact) mass is 154 g/mol. The average Bonchev–Trinajstić information content (AvgIpc) is 1.99. The van der Waals surface area contributed by atoms with E-state index in [1.165, 1.54) is 19.3 Å². The van der Waals surface area contributed by atoms with E-state index in [9.17, 15) is 0 Å². The number of rotatable bonds is 6. The van der Waals surface area contributed by atoms with Crippen LogP contribution in [-0.2, 0) is 0 Å². The Kier molecular flexibility index (Phi) is 7.18. The molecule has 1 N–H and O–H groups in total. The van der Waals surface area contributed by atoms with Gasteiger partial charge in [-0.1, -0.05) is 19.8 Å². The van der Waals surface area contributed by atoms with Gasteiger partial charge in [-0.3, -0.25) is 0 Å². The van der Waals surface area contributed by atoms with Crippen LogP contribution in [0.1, 0.15) is 39.5 Å². The Hall–Kier alpha value is -0.550. The van der Waals surface area contributed by atoms with Crippen LogP contribution >= 0.6 is 0 Å². The summed E-state index contributed by atoms with van der Waals surface area (Å²) in [5.41, 5.74) is 0. The third-order valence-electron chi connectivity index (χ3n) is 1.67. The number of hydrogen-bond acceptors (Lipinski definition) is 2. The first-order valence-electron chi connectivity index (χ1n) is 4.41. The lowest BCUT2D eigenvalue weighted by molar-refractivity contribution is 0.532. The van der Waals surface area contributed by atoms with Gasteiger partial charge in [0.1, 0.15) is 0 Å². The zero-order valence-electron chi connectivity index (χ0n) is 7.56. The van der Waals surface area contributed by atoms with E-state index in [0.717, 1.165) is 6.54 Å². The Bertz CT molecular complexity index is 115. The Morgan fingerprint density at radius 2 is 2.18 bits per heavy atom. The van der Waals surface area contributed by atoms with E-state index in [-0.39, 0.29) is 0 Å². The van der Waals surface area contributed by atoms with Crippen molar-refractivity contribution in [3.05, 3.63) is 0 Å². The fourth-order valence-corrected chi connectivity index (χ4v) is 0.933. The van der Waals surface area contributed by atoms with Crippen molar-refractivity contribution >= 4 is 0 Å². The van der Waals surface area contributed by atoms with E-state index >= 15 is 0 Å². The first kappa shape index (κ1) is 10.4. The summed E-state index contributed by atoms with van der Waals surface area (Å²) >= 11 is 0. The van der Waals surface area contributed by atoms with Gasteiger partial charge in [-0.2, -0.15) is 5.26 Å². The lowest BCUT2D eigenvalue weighted by Gasteiger charge is -2.08. The van der Waals surface area contributed by atoms with E-state index in [0.29, 0.717) is 12.5 Å². The molecule has 0 aliphatic rings. The highest BCUT2D eigenvalue weighted by molar-refractivity contribution is 4.76. The van der Waals surface area contributed by atoms with Crippen LogP contribution in [0.25, 0.3) is 0 Å². The Morgan fingerprint density at radius 1 is 1.45 bits per heavy atom. The molecule has 0 radical (unpaired) electrons. The second kappa shape index (κ2) is 7.56. The third kappa shape index (κ3) is 7.35. The van der Waals surface area contributed by atoms with Gasteiger partial charge in [0.25, 0.3) is 0 Å². The standard InChI is InChI=1S/C9H18N2/c1-3-4-5-8-11-9(2)6-7-10/h9,11H,3-6,8H2,1-2H3. The van der Waals surface area contributed by atoms with Crippen LogP contribution in [0.4, 0.5) is 0 Å². The molecular weight excluding hydrogens is 136 g/mol. The normalized spacial score (nSPS) is 12.5. The van der Waals surface area contributed by atoms with Crippen molar-refractivity contribution < 1.29 is 0 Å². The molecule has 0 amide bonds. The molecule has 0 heterocycles. The molecule has 1 atom stereocenters. The molecule has 2 nitrogen and oxygen atoms in total. The van der Waals surface area contributed by atoms with Gasteiger partial charge in [0.05, 0.1) is 12.5 Å². The predicted molar refractivity (Wildman–Crippen MR) is 47.2 cm³/mol. The Labute approximate surface area is 69.6 Å². The molecule has 11 heavy (non-hydrogen) atoms. The molecule has 2 heteroatoms. The van der Waals surface area contributed by atoms with Gasteiger partial charge in [-0.25, -0.2) is 0 Å². The molecule has 0 saturated carbocycles. The van der Waals surface area contributed by atoms with Crippen molar-refractivity contribution in [2.75, 3.05) is 6.54 Å². The van der Waals surface area contributed by atoms with Crippen LogP contribution < -0.4 is 5.32 Å². The van der Waals surface area contributed by atoms with Crippen molar-refractivity contribution in [3.8, 4) is 6.07 Å². The van der Waals surface area contributed by atoms with Gasteiger partial charge >= 0.3 is 0 Å². The fourth-order valence-electron chi connectivity index (χ4n) is 0.933. The van der Waals surface area contributed by atoms with Crippen LogP contribution in [-0.4, -0.2) is 12.6 Å². The number of nitriles is 1. The molecule has 0 aromatic rings. The zero-order valence-corrected chi connectivity index (χ0v) is 7.56. The van der Waals surface area contributed by atoms with E-state index < -0.39 is 0 Å². The maximum atomic E-state index is 8.35. The molecule has 0 spiro atoms. The van der Waals surface area contributed by atoms with Gasteiger partial charge < -0.3 is 5.32 Å². The topological polar surface area (TPSA) is 35.8 Å². The molecule has 0 fully saturated rings. The predicted octanol–water partition coefficient (Wildman–Crippen LogP) is 2.07. The van der Waals surface area contributed by atoms with Crippen LogP contribution in [0.5, 0.6) is 0 Å². The van der Waals surface area contributed by atoms with Gasteiger partial charge in [0.15, 0.2) is 0 Å². The van der Waals surface area contributed by atoms with E-state index in [1.807, 2.05) is 0 Å². The minimum atomic E-state index is 0.358. The summed E-state index contributed by atoms with van der Waals surface area (Å²) in [6.07, 6.45) is 4.39. The smallest absolute Gasteiger partial charge is 0.0638 e. The van der Waals surface area contributed by atoms with Crippen molar-refractivity contribution in [3.63, 3.8) is 0 Å². The average molecular weight is 154 g/mol. The van der Waals surface area contributed by atoms with Gasteiger partial charge in [0.2, 0.25) is 0 Å². The summed E-state index contributed by atoms with van der Waals surface area (Å²) < 4.78 is 0. The third-order valence-corrected chi connectivity index (χ3v) is 1.67.